The first-order valence-corrected chi connectivity index (χ1v) is 10.3. The molecule has 1 saturated heterocycles. The minimum atomic E-state index is -4.59. The van der Waals surface area contributed by atoms with Gasteiger partial charge >= 0.3 is 18.1 Å². The number of H-pyrrole nitrogens is 1. The van der Waals surface area contributed by atoms with Crippen molar-refractivity contribution in [2.24, 2.45) is 15.0 Å². The van der Waals surface area contributed by atoms with Crippen LogP contribution in [0.25, 0.3) is 11.4 Å². The minimum Gasteiger partial charge on any atom is -0.481 e. The van der Waals surface area contributed by atoms with E-state index >= 15 is 0 Å². The maximum Gasteiger partial charge on any atom is 0.481 e. The number of alkyl halides is 3. The lowest BCUT2D eigenvalue weighted by Gasteiger charge is -2.30. The summed E-state index contributed by atoms with van der Waals surface area (Å²) in [6.07, 6.45) is -3.28. The molecule has 3 aliphatic heterocycles. The Morgan fingerprint density at radius 3 is 2.82 bits per heavy atom. The fourth-order valence-electron chi connectivity index (χ4n) is 3.53. The Kier molecular flexibility index (Phi) is 5.69. The second-order valence-electron chi connectivity index (χ2n) is 7.42. The highest BCUT2D eigenvalue weighted by molar-refractivity contribution is 6.32. The van der Waals surface area contributed by atoms with E-state index in [0.717, 1.165) is 10.9 Å². The lowest BCUT2D eigenvalue weighted by Crippen LogP contribution is -2.58. The van der Waals surface area contributed by atoms with Gasteiger partial charge in [-0.25, -0.2) is 15.0 Å². The van der Waals surface area contributed by atoms with Gasteiger partial charge in [0.15, 0.2) is 5.82 Å². The van der Waals surface area contributed by atoms with E-state index in [2.05, 4.69) is 40.6 Å². The molecule has 0 spiro atoms. The smallest absolute Gasteiger partial charge is 0.481 e. The van der Waals surface area contributed by atoms with Crippen LogP contribution < -0.4 is 10.2 Å². The number of aromatic amines is 1. The Labute approximate surface area is 190 Å². The van der Waals surface area contributed by atoms with Crippen molar-refractivity contribution in [3.05, 3.63) is 24.2 Å². The lowest BCUT2D eigenvalue weighted by atomic mass is 10.3. The van der Waals surface area contributed by atoms with Crippen LogP contribution in [0.1, 0.15) is 5.82 Å². The molecular weight excluding hydrogens is 457 g/mol. The van der Waals surface area contributed by atoms with Crippen molar-refractivity contribution in [1.29, 1.82) is 0 Å². The molecule has 0 radical (unpaired) electrons. The molecule has 1 fully saturated rings. The average molecular weight is 477 g/mol. The Balaban J connectivity index is 1.41. The van der Waals surface area contributed by atoms with E-state index in [1.54, 1.807) is 18.3 Å². The Morgan fingerprint density at radius 1 is 1.29 bits per heavy atom. The largest absolute Gasteiger partial charge is 0.481 e. The van der Waals surface area contributed by atoms with Crippen molar-refractivity contribution in [2.45, 2.75) is 18.9 Å². The zero-order chi connectivity index (χ0) is 23.7. The zero-order valence-electron chi connectivity index (χ0n) is 18.0. The Morgan fingerprint density at radius 2 is 2.12 bits per heavy atom. The van der Waals surface area contributed by atoms with E-state index in [-0.39, 0.29) is 18.3 Å². The standard InChI is InChI=1S/C19H20F3N10O2/c1-33-14-3-2-11(8-23-14)15-26-13(28-29-15)10-24-16-17-25-9-12(19(20,21)22)32(17)30-18(27-16)31-4-6-34-7-5-31/h2-3,8-9,17H,4-7,10H2,1H3,(H,24,27,30)(H,26,28,29)/q+1. The van der Waals surface area contributed by atoms with Crippen LogP contribution in [0.4, 0.5) is 13.2 Å². The van der Waals surface area contributed by atoms with Gasteiger partial charge in [0.25, 0.3) is 5.96 Å². The second-order valence-corrected chi connectivity index (χ2v) is 7.42. The van der Waals surface area contributed by atoms with Crippen LogP contribution in [0, 0.1) is 0 Å². The van der Waals surface area contributed by atoms with Gasteiger partial charge < -0.3 is 14.4 Å². The fourth-order valence-corrected chi connectivity index (χ4v) is 3.53. The molecule has 0 aliphatic carbocycles. The first-order valence-electron chi connectivity index (χ1n) is 10.3. The van der Waals surface area contributed by atoms with Crippen LogP contribution >= 0.6 is 0 Å². The van der Waals surface area contributed by atoms with Crippen molar-refractivity contribution >= 4 is 23.7 Å². The third kappa shape index (κ3) is 4.33. The number of hydrazine groups is 1. The van der Waals surface area contributed by atoms with E-state index in [4.69, 9.17) is 9.47 Å². The fraction of sp³-hybridized carbons (Fsp3) is 0.421. The molecule has 0 saturated carbocycles. The molecule has 178 valence electrons. The van der Waals surface area contributed by atoms with Crippen molar-refractivity contribution in [3.63, 3.8) is 0 Å². The van der Waals surface area contributed by atoms with Crippen LogP contribution in [0.3, 0.4) is 0 Å². The van der Waals surface area contributed by atoms with Crippen LogP contribution in [0.15, 0.2) is 33.3 Å². The van der Waals surface area contributed by atoms with Crippen LogP contribution in [0.2, 0.25) is 0 Å². The zero-order valence-corrected chi connectivity index (χ0v) is 18.0. The molecule has 1 atom stereocenters. The molecule has 2 aromatic heterocycles. The number of aliphatic imine (C=N–C) groups is 3. The molecule has 0 amide bonds. The number of methoxy groups -OCH3 is 1. The van der Waals surface area contributed by atoms with Crippen molar-refractivity contribution in [1.82, 2.24) is 30.5 Å². The third-order valence-electron chi connectivity index (χ3n) is 5.24. The predicted octanol–water partition coefficient (Wildman–Crippen LogP) is 0.407. The number of rotatable bonds is 4. The molecule has 0 bridgehead atoms. The summed E-state index contributed by atoms with van der Waals surface area (Å²) in [5.74, 6) is 1.66. The first-order chi connectivity index (χ1) is 16.4. The van der Waals surface area contributed by atoms with E-state index in [0.29, 0.717) is 49.4 Å². The summed E-state index contributed by atoms with van der Waals surface area (Å²) in [6.45, 7) is 1.89. The number of ether oxygens (including phenoxy) is 2. The van der Waals surface area contributed by atoms with E-state index in [1.807, 2.05) is 4.90 Å². The Bertz CT molecular complexity index is 1180. The number of halogens is 3. The number of amidine groups is 1. The van der Waals surface area contributed by atoms with Gasteiger partial charge in [-0.05, 0) is 6.07 Å². The summed E-state index contributed by atoms with van der Waals surface area (Å²) < 4.78 is 51.9. The summed E-state index contributed by atoms with van der Waals surface area (Å²) in [5.41, 5.74) is 2.49. The van der Waals surface area contributed by atoms with Gasteiger partial charge in [-0.1, -0.05) is 4.68 Å². The number of morpholine rings is 1. The first kappa shape index (κ1) is 21.9. The summed E-state index contributed by atoms with van der Waals surface area (Å²) in [7, 11) is 1.52. The van der Waals surface area contributed by atoms with Crippen LogP contribution in [-0.2, 0) is 11.3 Å². The molecule has 2 aromatic rings. The number of pyridine rings is 1. The molecule has 34 heavy (non-hydrogen) atoms. The van der Waals surface area contributed by atoms with Gasteiger partial charge in [-0.15, -0.1) is 5.43 Å². The van der Waals surface area contributed by atoms with Crippen molar-refractivity contribution in [3.8, 4) is 17.3 Å². The third-order valence-corrected chi connectivity index (χ3v) is 5.24. The van der Waals surface area contributed by atoms with E-state index in [1.165, 1.54) is 7.11 Å². The molecule has 2 N–H and O–H groups in total. The topological polar surface area (TPSA) is 128 Å². The molecule has 0 aromatic carbocycles. The summed E-state index contributed by atoms with van der Waals surface area (Å²) in [4.78, 5) is 23.2. The SMILES string of the molecule is COc1ccc(-c2n[nH]c(CN=C3N=C(N4CCOCC4)N[N+]4=C(C(F)(F)F)C=NC34)n2)cn1. The van der Waals surface area contributed by atoms with Gasteiger partial charge in [0, 0.05) is 30.9 Å². The summed E-state index contributed by atoms with van der Waals surface area (Å²) in [5, 5.41) is 6.94. The predicted molar refractivity (Wildman–Crippen MR) is 114 cm³/mol. The van der Waals surface area contributed by atoms with E-state index in [9.17, 15) is 13.2 Å². The van der Waals surface area contributed by atoms with Crippen molar-refractivity contribution < 1.29 is 27.3 Å². The number of fused-ring (bicyclic) bond motifs is 1. The van der Waals surface area contributed by atoms with Gasteiger partial charge in [0.2, 0.25) is 11.7 Å². The van der Waals surface area contributed by atoms with Gasteiger partial charge in [-0.3, -0.25) is 10.1 Å². The second kappa shape index (κ2) is 8.81. The number of hydrogen-bond acceptors (Lipinski definition) is 9. The number of hydrogen-bond donors (Lipinski definition) is 2. The molecule has 3 aliphatic rings. The van der Waals surface area contributed by atoms with E-state index < -0.39 is 18.1 Å². The van der Waals surface area contributed by atoms with Gasteiger partial charge in [0.05, 0.1) is 20.3 Å². The number of nitrogens with one attached hydrogen (secondary N) is 2. The highest BCUT2D eigenvalue weighted by Gasteiger charge is 2.52. The molecule has 1 unspecified atom stereocenters. The number of hydrazone groups is 1. The normalized spacial score (nSPS) is 21.5. The quantitative estimate of drug-likeness (QED) is 0.611. The molecule has 15 heteroatoms. The lowest BCUT2D eigenvalue weighted by molar-refractivity contribution is -0.592. The number of guanidine groups is 1. The summed E-state index contributed by atoms with van der Waals surface area (Å²) in [6, 6.07) is 3.44. The minimum absolute atomic E-state index is 0.0209. The molecule has 12 nitrogen and oxygen atoms in total. The average Bonchev–Trinajstić information content (AvgIpc) is 3.50. The Hall–Kier alpha value is -3.88. The summed E-state index contributed by atoms with van der Waals surface area (Å²) >= 11 is 0. The molecule has 5 rings (SSSR count). The van der Waals surface area contributed by atoms with Gasteiger partial charge in [-0.2, -0.15) is 23.3 Å². The van der Waals surface area contributed by atoms with Crippen LogP contribution in [-0.4, -0.2) is 99.2 Å². The van der Waals surface area contributed by atoms with Crippen LogP contribution in [0.5, 0.6) is 5.88 Å². The number of aromatic nitrogens is 4. The molecular formula is C19H20F3N10O2+. The van der Waals surface area contributed by atoms with Gasteiger partial charge in [0.1, 0.15) is 18.6 Å². The highest BCUT2D eigenvalue weighted by atomic mass is 19.4. The monoisotopic (exact) mass is 477 g/mol. The maximum absolute atomic E-state index is 13.5. The molecule has 5 heterocycles. The number of nitrogens with zero attached hydrogens (tertiary/aromatic N) is 8. The van der Waals surface area contributed by atoms with Crippen molar-refractivity contribution in [2.75, 3.05) is 33.4 Å². The highest BCUT2D eigenvalue weighted by Crippen LogP contribution is 2.22. The maximum atomic E-state index is 13.5.